The molecule has 0 amide bonds. The Labute approximate surface area is 106 Å². The second-order valence-corrected chi connectivity index (χ2v) is 5.84. The van der Waals surface area contributed by atoms with Crippen molar-refractivity contribution < 1.29 is 0 Å². The Hall–Kier alpha value is -0.340. The Balaban J connectivity index is 1.66. The predicted molar refractivity (Wildman–Crippen MR) is 74.1 cm³/mol. The van der Waals surface area contributed by atoms with E-state index < -0.39 is 0 Å². The Kier molecular flexibility index (Phi) is 4.63. The zero-order chi connectivity index (χ0) is 12.3. The van der Waals surface area contributed by atoms with Gasteiger partial charge in [0.15, 0.2) is 0 Å². The predicted octanol–water partition coefficient (Wildman–Crippen LogP) is 2.52. The van der Waals surface area contributed by atoms with Crippen molar-refractivity contribution >= 4 is 0 Å². The molecule has 0 radical (unpaired) electrons. The van der Waals surface area contributed by atoms with Crippen LogP contribution in [0.1, 0.15) is 33.6 Å². The third-order valence-corrected chi connectivity index (χ3v) is 4.57. The molecule has 1 N–H and O–H groups in total. The van der Waals surface area contributed by atoms with Crippen molar-refractivity contribution in [2.75, 3.05) is 26.2 Å². The summed E-state index contributed by atoms with van der Waals surface area (Å²) in [5, 5.41) is 3.73. The Morgan fingerprint density at radius 1 is 1.24 bits per heavy atom. The Bertz CT molecular complexity index is 258. The molecule has 1 saturated carbocycles. The van der Waals surface area contributed by atoms with Crippen LogP contribution in [0.5, 0.6) is 0 Å². The van der Waals surface area contributed by atoms with Crippen molar-refractivity contribution in [3.63, 3.8) is 0 Å². The molecule has 2 heteroatoms. The summed E-state index contributed by atoms with van der Waals surface area (Å²) in [7, 11) is 0. The number of hydrogen-bond donors (Lipinski definition) is 1. The van der Waals surface area contributed by atoms with Gasteiger partial charge in [0, 0.05) is 12.6 Å². The molecule has 0 heterocycles. The summed E-state index contributed by atoms with van der Waals surface area (Å²) in [6.07, 6.45) is 7.74. The van der Waals surface area contributed by atoms with E-state index in [-0.39, 0.29) is 0 Å². The molecule has 2 rings (SSSR count). The first kappa shape index (κ1) is 13.1. The van der Waals surface area contributed by atoms with Gasteiger partial charge in [0.25, 0.3) is 0 Å². The van der Waals surface area contributed by atoms with Gasteiger partial charge >= 0.3 is 0 Å². The number of fused-ring (bicyclic) bond motifs is 2. The van der Waals surface area contributed by atoms with Crippen LogP contribution in [0.3, 0.4) is 0 Å². The molecule has 0 aliphatic heterocycles. The van der Waals surface area contributed by atoms with Gasteiger partial charge in [-0.2, -0.15) is 0 Å². The van der Waals surface area contributed by atoms with Crippen LogP contribution in [0.15, 0.2) is 12.2 Å². The molecule has 2 aliphatic rings. The maximum Gasteiger partial charge on any atom is 0.0166 e. The standard InChI is InChI=1S/C15H28N2/c1-4-17(5-2)11-12(3)16-10-15-9-13-6-7-14(15)8-13/h6-7,12-16H,4-5,8-11H2,1-3H3. The second kappa shape index (κ2) is 6.01. The van der Waals surface area contributed by atoms with Gasteiger partial charge in [-0.05, 0) is 57.2 Å². The molecule has 4 atom stereocenters. The minimum atomic E-state index is 0.623. The lowest BCUT2D eigenvalue weighted by atomic mass is 9.93. The summed E-state index contributed by atoms with van der Waals surface area (Å²) >= 11 is 0. The molecule has 0 aromatic heterocycles. The molecule has 98 valence electrons. The van der Waals surface area contributed by atoms with Crippen LogP contribution in [0.25, 0.3) is 0 Å². The molecule has 4 unspecified atom stereocenters. The van der Waals surface area contributed by atoms with Gasteiger partial charge in [-0.3, -0.25) is 0 Å². The zero-order valence-corrected chi connectivity index (χ0v) is 11.7. The second-order valence-electron chi connectivity index (χ2n) is 5.84. The lowest BCUT2D eigenvalue weighted by Crippen LogP contribution is -2.41. The number of allylic oxidation sites excluding steroid dienone is 2. The fourth-order valence-electron chi connectivity index (χ4n) is 3.42. The zero-order valence-electron chi connectivity index (χ0n) is 11.7. The number of rotatable bonds is 7. The van der Waals surface area contributed by atoms with Crippen LogP contribution in [0.2, 0.25) is 0 Å². The minimum absolute atomic E-state index is 0.623. The molecule has 0 spiro atoms. The maximum absolute atomic E-state index is 3.73. The van der Waals surface area contributed by atoms with Crippen LogP contribution in [0.4, 0.5) is 0 Å². The molecule has 17 heavy (non-hydrogen) atoms. The lowest BCUT2D eigenvalue weighted by molar-refractivity contribution is 0.262. The van der Waals surface area contributed by atoms with Crippen LogP contribution in [-0.2, 0) is 0 Å². The summed E-state index contributed by atoms with van der Waals surface area (Å²) in [6, 6.07) is 0.623. The van der Waals surface area contributed by atoms with Crippen molar-refractivity contribution in [1.29, 1.82) is 0 Å². The van der Waals surface area contributed by atoms with E-state index in [4.69, 9.17) is 0 Å². The third-order valence-electron chi connectivity index (χ3n) is 4.57. The summed E-state index contributed by atoms with van der Waals surface area (Å²) in [6.45, 7) is 11.5. The van der Waals surface area contributed by atoms with Gasteiger partial charge < -0.3 is 10.2 Å². The van der Waals surface area contributed by atoms with Crippen LogP contribution in [0, 0.1) is 17.8 Å². The maximum atomic E-state index is 3.73. The van der Waals surface area contributed by atoms with Crippen molar-refractivity contribution in [1.82, 2.24) is 10.2 Å². The van der Waals surface area contributed by atoms with E-state index in [0.29, 0.717) is 6.04 Å². The van der Waals surface area contributed by atoms with E-state index in [1.165, 1.54) is 39.0 Å². The Morgan fingerprint density at radius 2 is 2.00 bits per heavy atom. The monoisotopic (exact) mass is 236 g/mol. The van der Waals surface area contributed by atoms with Crippen LogP contribution < -0.4 is 5.32 Å². The van der Waals surface area contributed by atoms with E-state index >= 15 is 0 Å². The molecule has 1 fully saturated rings. The number of likely N-dealkylation sites (N-methyl/N-ethyl adjacent to an activating group) is 1. The first-order chi connectivity index (χ1) is 8.22. The van der Waals surface area contributed by atoms with Gasteiger partial charge in [0.1, 0.15) is 0 Å². The number of hydrogen-bond acceptors (Lipinski definition) is 2. The van der Waals surface area contributed by atoms with E-state index in [2.05, 4.69) is 43.1 Å². The topological polar surface area (TPSA) is 15.3 Å². The van der Waals surface area contributed by atoms with E-state index in [1.54, 1.807) is 0 Å². The first-order valence-corrected chi connectivity index (χ1v) is 7.37. The quantitative estimate of drug-likeness (QED) is 0.683. The van der Waals surface area contributed by atoms with E-state index in [0.717, 1.165) is 17.8 Å². The smallest absolute Gasteiger partial charge is 0.0166 e. The fraction of sp³-hybridized carbons (Fsp3) is 0.867. The molecule has 2 nitrogen and oxygen atoms in total. The summed E-state index contributed by atoms with van der Waals surface area (Å²) < 4.78 is 0. The molecule has 0 saturated heterocycles. The lowest BCUT2D eigenvalue weighted by Gasteiger charge is -2.26. The normalized spacial score (nSPS) is 32.6. The summed E-state index contributed by atoms with van der Waals surface area (Å²) in [5.74, 6) is 2.70. The molecule has 0 aromatic carbocycles. The van der Waals surface area contributed by atoms with Crippen LogP contribution >= 0.6 is 0 Å². The SMILES string of the molecule is CCN(CC)CC(C)NCC1CC2C=CC1C2. The minimum Gasteiger partial charge on any atom is -0.313 e. The molecule has 0 aromatic rings. The molecule has 2 aliphatic carbocycles. The van der Waals surface area contributed by atoms with Gasteiger partial charge in [-0.1, -0.05) is 26.0 Å². The highest BCUT2D eigenvalue weighted by atomic mass is 15.1. The summed E-state index contributed by atoms with van der Waals surface area (Å²) in [5.41, 5.74) is 0. The molecule has 2 bridgehead atoms. The average molecular weight is 236 g/mol. The summed E-state index contributed by atoms with van der Waals surface area (Å²) in [4.78, 5) is 2.50. The third kappa shape index (κ3) is 3.32. The van der Waals surface area contributed by atoms with E-state index in [9.17, 15) is 0 Å². The van der Waals surface area contributed by atoms with Gasteiger partial charge in [0.2, 0.25) is 0 Å². The van der Waals surface area contributed by atoms with Crippen LogP contribution in [-0.4, -0.2) is 37.1 Å². The van der Waals surface area contributed by atoms with Crippen molar-refractivity contribution in [2.24, 2.45) is 17.8 Å². The average Bonchev–Trinajstić information content (AvgIpc) is 2.95. The Morgan fingerprint density at radius 3 is 2.53 bits per heavy atom. The van der Waals surface area contributed by atoms with Gasteiger partial charge in [0.05, 0.1) is 0 Å². The first-order valence-electron chi connectivity index (χ1n) is 7.37. The van der Waals surface area contributed by atoms with E-state index in [1.807, 2.05) is 0 Å². The largest absolute Gasteiger partial charge is 0.313 e. The molecular formula is C15H28N2. The fourth-order valence-corrected chi connectivity index (χ4v) is 3.42. The van der Waals surface area contributed by atoms with Gasteiger partial charge in [-0.15, -0.1) is 0 Å². The number of nitrogens with one attached hydrogen (secondary N) is 1. The number of nitrogens with zero attached hydrogens (tertiary/aromatic N) is 1. The highest BCUT2D eigenvalue weighted by Crippen LogP contribution is 2.42. The highest BCUT2D eigenvalue weighted by Gasteiger charge is 2.35. The molecular weight excluding hydrogens is 208 g/mol. The van der Waals surface area contributed by atoms with Crippen molar-refractivity contribution in [2.45, 2.75) is 39.7 Å². The van der Waals surface area contributed by atoms with Crippen molar-refractivity contribution in [3.8, 4) is 0 Å². The highest BCUT2D eigenvalue weighted by molar-refractivity contribution is 5.10. The van der Waals surface area contributed by atoms with Crippen molar-refractivity contribution in [3.05, 3.63) is 12.2 Å². The van der Waals surface area contributed by atoms with Gasteiger partial charge in [-0.25, -0.2) is 0 Å².